The van der Waals surface area contributed by atoms with Crippen molar-refractivity contribution in [1.82, 2.24) is 25.9 Å². The zero-order valence-corrected chi connectivity index (χ0v) is 18.5. The lowest BCUT2D eigenvalue weighted by atomic mass is 10.1. The number of nitrogens with one attached hydrogen (secondary N) is 5. The van der Waals surface area contributed by atoms with Crippen molar-refractivity contribution in [3.8, 4) is 0 Å². The number of carbonyl (C=O) groups excluding carboxylic acids is 4. The van der Waals surface area contributed by atoms with E-state index < -0.39 is 35.5 Å². The number of nitrogens with zero attached hydrogens (tertiary/aromatic N) is 1. The molecule has 1 aromatic carbocycles. The van der Waals surface area contributed by atoms with Gasteiger partial charge in [0.05, 0.1) is 18.2 Å². The number of halogens is 1. The van der Waals surface area contributed by atoms with Crippen LogP contribution in [-0.2, 0) is 32.1 Å². The van der Waals surface area contributed by atoms with E-state index in [9.17, 15) is 23.6 Å². The summed E-state index contributed by atoms with van der Waals surface area (Å²) in [6, 6.07) is 3.56. The molecule has 11 heteroatoms. The zero-order chi connectivity index (χ0) is 24.5. The molecule has 1 saturated carbocycles. The second-order valence-electron chi connectivity index (χ2n) is 8.15. The van der Waals surface area contributed by atoms with Gasteiger partial charge in [0.2, 0.25) is 17.7 Å². The van der Waals surface area contributed by atoms with Gasteiger partial charge in [0.15, 0.2) is 5.78 Å². The highest BCUT2D eigenvalue weighted by atomic mass is 19.1. The van der Waals surface area contributed by atoms with Crippen molar-refractivity contribution in [3.05, 3.63) is 53.9 Å². The lowest BCUT2D eigenvalue weighted by Crippen LogP contribution is -2.54. The first-order valence-electron chi connectivity index (χ1n) is 11.0. The van der Waals surface area contributed by atoms with Crippen LogP contribution in [0.5, 0.6) is 0 Å². The average molecular weight is 471 g/mol. The molecule has 2 aromatic rings. The maximum Gasteiger partial charge on any atom is 0.243 e. The maximum atomic E-state index is 13.1. The number of benzene rings is 1. The molecular formula is C23H27FN6O4. The highest BCUT2D eigenvalue weighted by Gasteiger charge is 2.34. The van der Waals surface area contributed by atoms with E-state index in [1.54, 1.807) is 6.20 Å². The minimum Gasteiger partial charge on any atom is -0.351 e. The van der Waals surface area contributed by atoms with E-state index in [4.69, 9.17) is 5.41 Å². The highest BCUT2D eigenvalue weighted by molar-refractivity contribution is 6.26. The van der Waals surface area contributed by atoms with Gasteiger partial charge in [-0.2, -0.15) is 0 Å². The van der Waals surface area contributed by atoms with Crippen molar-refractivity contribution in [1.29, 1.82) is 5.41 Å². The third-order valence-corrected chi connectivity index (χ3v) is 5.40. The number of rotatable bonds is 13. The predicted molar refractivity (Wildman–Crippen MR) is 120 cm³/mol. The Hall–Kier alpha value is -3.89. The molecular weight excluding hydrogens is 443 g/mol. The fourth-order valence-corrected chi connectivity index (χ4v) is 3.27. The number of ketones is 1. The number of aromatic nitrogens is 2. The van der Waals surface area contributed by atoms with Crippen molar-refractivity contribution >= 4 is 29.7 Å². The van der Waals surface area contributed by atoms with Crippen molar-refractivity contribution in [3.63, 3.8) is 0 Å². The molecule has 1 heterocycles. The van der Waals surface area contributed by atoms with Gasteiger partial charge in [0.1, 0.15) is 17.9 Å². The monoisotopic (exact) mass is 470 g/mol. The van der Waals surface area contributed by atoms with E-state index in [-0.39, 0.29) is 37.6 Å². The second kappa shape index (κ2) is 11.8. The van der Waals surface area contributed by atoms with Gasteiger partial charge in [0, 0.05) is 31.5 Å². The SMILES string of the molecule is N=CC(=O)CC[C@H](NC(=O)[C@H](Cc1c[nH]cn1)NC(=O)C1CC1)C(=O)NCc1ccc(F)cc1. The molecule has 5 N–H and O–H groups in total. The Morgan fingerprint density at radius 2 is 1.85 bits per heavy atom. The molecule has 1 aliphatic carbocycles. The summed E-state index contributed by atoms with van der Waals surface area (Å²) >= 11 is 0. The fourth-order valence-electron chi connectivity index (χ4n) is 3.27. The summed E-state index contributed by atoms with van der Waals surface area (Å²) in [5.41, 5.74) is 1.22. The zero-order valence-electron chi connectivity index (χ0n) is 18.5. The first kappa shape index (κ1) is 24.7. The first-order valence-corrected chi connectivity index (χ1v) is 11.0. The third kappa shape index (κ3) is 7.61. The maximum absolute atomic E-state index is 13.1. The minimum atomic E-state index is -1.07. The molecule has 1 aliphatic rings. The van der Waals surface area contributed by atoms with Crippen LogP contribution in [0.3, 0.4) is 0 Å². The van der Waals surface area contributed by atoms with Gasteiger partial charge in [-0.25, -0.2) is 9.37 Å². The quantitative estimate of drug-likeness (QED) is 0.274. The second-order valence-corrected chi connectivity index (χ2v) is 8.15. The van der Waals surface area contributed by atoms with Gasteiger partial charge in [-0.1, -0.05) is 12.1 Å². The van der Waals surface area contributed by atoms with Crippen molar-refractivity contribution < 1.29 is 23.6 Å². The molecule has 3 amide bonds. The Morgan fingerprint density at radius 1 is 1.12 bits per heavy atom. The van der Waals surface area contributed by atoms with Gasteiger partial charge < -0.3 is 26.3 Å². The minimum absolute atomic E-state index is 0.0269. The normalized spacial score (nSPS) is 14.5. The highest BCUT2D eigenvalue weighted by Crippen LogP contribution is 2.29. The van der Waals surface area contributed by atoms with Crippen LogP contribution in [0.15, 0.2) is 36.8 Å². The van der Waals surface area contributed by atoms with Crippen LogP contribution in [0.4, 0.5) is 4.39 Å². The van der Waals surface area contributed by atoms with Crippen molar-refractivity contribution in [2.24, 2.45) is 5.92 Å². The van der Waals surface area contributed by atoms with E-state index in [2.05, 4.69) is 25.9 Å². The number of hydrogen-bond donors (Lipinski definition) is 5. The van der Waals surface area contributed by atoms with Crippen molar-refractivity contribution in [2.75, 3.05) is 0 Å². The number of Topliss-reactive ketones (excluding diaryl/α,β-unsaturated/α-hetero) is 1. The largest absolute Gasteiger partial charge is 0.351 e. The Bertz CT molecular complexity index is 1020. The molecule has 0 spiro atoms. The van der Waals surface area contributed by atoms with Crippen LogP contribution in [-0.4, -0.2) is 51.8 Å². The molecule has 10 nitrogen and oxygen atoms in total. The third-order valence-electron chi connectivity index (χ3n) is 5.40. The molecule has 1 aromatic heterocycles. The lowest BCUT2D eigenvalue weighted by Gasteiger charge is -2.23. The number of H-pyrrole nitrogens is 1. The molecule has 0 unspecified atom stereocenters. The summed E-state index contributed by atoms with van der Waals surface area (Å²) in [5, 5.41) is 15.1. The Kier molecular flexibility index (Phi) is 8.60. The van der Waals surface area contributed by atoms with Gasteiger partial charge in [-0.3, -0.25) is 19.2 Å². The van der Waals surface area contributed by atoms with Crippen LogP contribution >= 0.6 is 0 Å². The summed E-state index contributed by atoms with van der Waals surface area (Å²) in [6.45, 7) is 0.0963. The molecule has 0 saturated heterocycles. The number of hydrogen-bond acceptors (Lipinski definition) is 6. The predicted octanol–water partition coefficient (Wildman–Crippen LogP) is 0.786. The molecule has 1 fully saturated rings. The summed E-state index contributed by atoms with van der Waals surface area (Å²) < 4.78 is 13.1. The number of imidazole rings is 1. The molecule has 3 rings (SSSR count). The molecule has 2 atom stereocenters. The van der Waals surface area contributed by atoms with E-state index in [1.807, 2.05) is 0 Å². The van der Waals surface area contributed by atoms with Crippen LogP contribution < -0.4 is 16.0 Å². The van der Waals surface area contributed by atoms with Crippen molar-refractivity contribution in [2.45, 2.75) is 50.7 Å². The first-order chi connectivity index (χ1) is 16.4. The summed E-state index contributed by atoms with van der Waals surface area (Å²) in [7, 11) is 0. The number of carbonyl (C=O) groups is 4. The molecule has 0 bridgehead atoms. The van der Waals surface area contributed by atoms with Gasteiger partial charge in [-0.15, -0.1) is 0 Å². The summed E-state index contributed by atoms with van der Waals surface area (Å²) in [5.74, 6) is -2.35. The van der Waals surface area contributed by atoms with Gasteiger partial charge >= 0.3 is 0 Å². The van der Waals surface area contributed by atoms with E-state index >= 15 is 0 Å². The number of amides is 3. The van der Waals surface area contributed by atoms with E-state index in [0.29, 0.717) is 17.5 Å². The van der Waals surface area contributed by atoms with Crippen LogP contribution in [0.25, 0.3) is 0 Å². The molecule has 34 heavy (non-hydrogen) atoms. The summed E-state index contributed by atoms with van der Waals surface area (Å²) in [6.07, 6.45) is 5.24. The standard InChI is InChI=1S/C23H27FN6O4/c24-16-5-1-14(2-6-16)11-27-22(33)19(8-7-18(31)10-25)29-23(34)20(9-17-12-26-13-28-17)30-21(32)15-3-4-15/h1-2,5-6,10,12-13,15,19-20,25H,3-4,7-9,11H2,(H,26,28)(H,27,33)(H,29,34)(H,30,32)/t19-,20-/m0/s1. The topological polar surface area (TPSA) is 157 Å². The molecule has 0 aliphatic heterocycles. The molecule has 0 radical (unpaired) electrons. The fraction of sp³-hybridized carbons (Fsp3) is 0.391. The number of aromatic amines is 1. The molecule has 180 valence electrons. The van der Waals surface area contributed by atoms with Gasteiger partial charge in [0.25, 0.3) is 0 Å². The van der Waals surface area contributed by atoms with Crippen LogP contribution in [0.2, 0.25) is 0 Å². The van der Waals surface area contributed by atoms with E-state index in [0.717, 1.165) is 12.8 Å². The van der Waals surface area contributed by atoms with E-state index in [1.165, 1.54) is 30.6 Å². The van der Waals surface area contributed by atoms with Crippen LogP contribution in [0.1, 0.15) is 36.9 Å². The average Bonchev–Trinajstić information content (AvgIpc) is 3.57. The van der Waals surface area contributed by atoms with Gasteiger partial charge in [-0.05, 0) is 37.0 Å². The Balaban J connectivity index is 1.67. The van der Waals surface area contributed by atoms with Crippen LogP contribution in [0, 0.1) is 17.1 Å². The Morgan fingerprint density at radius 3 is 2.47 bits per heavy atom. The summed E-state index contributed by atoms with van der Waals surface area (Å²) in [4.78, 5) is 56.7. The smallest absolute Gasteiger partial charge is 0.243 e. The Labute approximate surface area is 195 Å². The lowest BCUT2D eigenvalue weighted by molar-refractivity contribution is -0.132.